The zero-order valence-corrected chi connectivity index (χ0v) is 10.5. The molecule has 1 aromatic carbocycles. The fourth-order valence-electron chi connectivity index (χ4n) is 1.65. The molecule has 0 radical (unpaired) electrons. The molecule has 0 spiro atoms. The van der Waals surface area contributed by atoms with E-state index in [0.29, 0.717) is 13.1 Å². The molecule has 1 amide bonds. The first-order valence-corrected chi connectivity index (χ1v) is 5.96. The Morgan fingerprint density at radius 1 is 1.37 bits per heavy atom. The highest BCUT2D eigenvalue weighted by molar-refractivity contribution is 5.64. The minimum absolute atomic E-state index is 0.280. The number of ether oxygens (including phenoxy) is 1. The summed E-state index contributed by atoms with van der Waals surface area (Å²) < 4.78 is 6.56. The average molecular weight is 260 g/mol. The van der Waals surface area contributed by atoms with Gasteiger partial charge < -0.3 is 20.4 Å². The highest BCUT2D eigenvalue weighted by Crippen LogP contribution is 2.08. The fourth-order valence-corrected chi connectivity index (χ4v) is 1.65. The Morgan fingerprint density at radius 2 is 2.16 bits per heavy atom. The zero-order chi connectivity index (χ0) is 13.5. The van der Waals surface area contributed by atoms with E-state index in [1.807, 2.05) is 35.0 Å². The van der Waals surface area contributed by atoms with Gasteiger partial charge in [0.15, 0.2) is 0 Å². The van der Waals surface area contributed by atoms with Crippen LogP contribution in [0.5, 0.6) is 0 Å². The van der Waals surface area contributed by atoms with Crippen molar-refractivity contribution in [2.24, 2.45) is 5.73 Å². The second kappa shape index (κ2) is 6.55. The van der Waals surface area contributed by atoms with Crippen molar-refractivity contribution in [1.29, 1.82) is 0 Å². The number of nitrogens with zero attached hydrogens (tertiary/aromatic N) is 2. The van der Waals surface area contributed by atoms with Crippen LogP contribution >= 0.6 is 0 Å². The summed E-state index contributed by atoms with van der Waals surface area (Å²) in [6.45, 7) is 1.57. The number of carbonyl (C=O) groups is 1. The topological polar surface area (TPSA) is 82.2 Å². The number of rotatable bonds is 6. The Hall–Kier alpha value is -2.34. The van der Waals surface area contributed by atoms with Crippen LogP contribution in [0.25, 0.3) is 5.69 Å². The van der Waals surface area contributed by atoms with Crippen LogP contribution in [-0.4, -0.2) is 28.8 Å². The maximum absolute atomic E-state index is 10.3. The number of benzene rings is 1. The quantitative estimate of drug-likeness (QED) is 0.761. The van der Waals surface area contributed by atoms with Gasteiger partial charge in [-0.2, -0.15) is 0 Å². The molecule has 2 rings (SSSR count). The Bertz CT molecular complexity index is 508. The van der Waals surface area contributed by atoms with Gasteiger partial charge in [-0.25, -0.2) is 9.78 Å². The van der Waals surface area contributed by atoms with Gasteiger partial charge in [0.05, 0.1) is 6.33 Å². The molecule has 1 heterocycles. The summed E-state index contributed by atoms with van der Waals surface area (Å²) in [4.78, 5) is 14.4. The van der Waals surface area contributed by atoms with E-state index in [2.05, 4.69) is 15.0 Å². The lowest BCUT2D eigenvalue weighted by molar-refractivity contribution is 0.157. The van der Waals surface area contributed by atoms with E-state index in [1.165, 1.54) is 0 Å². The second-order valence-corrected chi connectivity index (χ2v) is 3.98. The van der Waals surface area contributed by atoms with Gasteiger partial charge in [-0.3, -0.25) is 0 Å². The summed E-state index contributed by atoms with van der Waals surface area (Å²) in [6.07, 6.45) is 4.66. The van der Waals surface area contributed by atoms with Crippen LogP contribution in [-0.2, 0) is 11.3 Å². The number of primary amides is 1. The number of carbonyl (C=O) groups excluding carboxylic acids is 1. The van der Waals surface area contributed by atoms with E-state index in [4.69, 9.17) is 5.73 Å². The number of aromatic nitrogens is 2. The third-order valence-electron chi connectivity index (χ3n) is 2.59. The van der Waals surface area contributed by atoms with Crippen molar-refractivity contribution in [2.75, 3.05) is 13.2 Å². The summed E-state index contributed by atoms with van der Waals surface area (Å²) in [5, 5.41) is 3.16. The van der Waals surface area contributed by atoms with Crippen LogP contribution in [0.3, 0.4) is 0 Å². The summed E-state index contributed by atoms with van der Waals surface area (Å²) in [5.74, 6) is 0. The molecule has 0 fully saturated rings. The number of hydrogen-bond acceptors (Lipinski definition) is 4. The minimum atomic E-state index is -0.744. The van der Waals surface area contributed by atoms with Crippen molar-refractivity contribution in [3.63, 3.8) is 0 Å². The molecule has 0 aliphatic carbocycles. The normalized spacial score (nSPS) is 10.3. The van der Waals surface area contributed by atoms with Crippen LogP contribution < -0.4 is 11.1 Å². The SMILES string of the molecule is NC(=O)OCCNCc1ccc(-n2ccnc2)cc1. The van der Waals surface area contributed by atoms with E-state index in [-0.39, 0.29) is 6.61 Å². The Balaban J connectivity index is 1.78. The van der Waals surface area contributed by atoms with Crippen molar-refractivity contribution in [2.45, 2.75) is 6.54 Å². The Morgan fingerprint density at radius 3 is 2.79 bits per heavy atom. The third-order valence-corrected chi connectivity index (χ3v) is 2.59. The van der Waals surface area contributed by atoms with Crippen LogP contribution in [0.1, 0.15) is 5.56 Å². The predicted molar refractivity (Wildman–Crippen MR) is 70.8 cm³/mol. The van der Waals surface area contributed by atoms with Crippen LogP contribution in [0, 0.1) is 0 Å². The van der Waals surface area contributed by atoms with E-state index in [0.717, 1.165) is 11.3 Å². The molecule has 19 heavy (non-hydrogen) atoms. The van der Waals surface area contributed by atoms with Gasteiger partial charge in [-0.1, -0.05) is 12.1 Å². The van der Waals surface area contributed by atoms with Crippen molar-refractivity contribution in [3.8, 4) is 5.69 Å². The van der Waals surface area contributed by atoms with Crippen molar-refractivity contribution in [1.82, 2.24) is 14.9 Å². The lowest BCUT2D eigenvalue weighted by atomic mass is 10.2. The first kappa shape index (κ1) is 13.1. The number of hydrogen-bond donors (Lipinski definition) is 2. The van der Waals surface area contributed by atoms with Gasteiger partial charge in [0, 0.05) is 31.2 Å². The highest BCUT2D eigenvalue weighted by Gasteiger charge is 1.97. The smallest absolute Gasteiger partial charge is 0.404 e. The van der Waals surface area contributed by atoms with Crippen LogP contribution in [0.15, 0.2) is 43.0 Å². The van der Waals surface area contributed by atoms with Gasteiger partial charge in [-0.15, -0.1) is 0 Å². The van der Waals surface area contributed by atoms with E-state index < -0.39 is 6.09 Å². The number of nitrogens with one attached hydrogen (secondary N) is 1. The van der Waals surface area contributed by atoms with Gasteiger partial charge in [0.25, 0.3) is 0 Å². The monoisotopic (exact) mass is 260 g/mol. The molecular weight excluding hydrogens is 244 g/mol. The van der Waals surface area contributed by atoms with Crippen molar-refractivity contribution < 1.29 is 9.53 Å². The summed E-state index contributed by atoms with van der Waals surface area (Å²) in [7, 11) is 0. The van der Waals surface area contributed by atoms with Gasteiger partial charge >= 0.3 is 6.09 Å². The molecule has 6 nitrogen and oxygen atoms in total. The summed E-state index contributed by atoms with van der Waals surface area (Å²) in [5.41, 5.74) is 7.08. The molecule has 6 heteroatoms. The maximum atomic E-state index is 10.3. The van der Waals surface area contributed by atoms with Crippen LogP contribution in [0.4, 0.5) is 4.79 Å². The maximum Gasteiger partial charge on any atom is 0.404 e. The summed E-state index contributed by atoms with van der Waals surface area (Å²) in [6, 6.07) is 8.13. The first-order chi connectivity index (χ1) is 9.25. The lowest BCUT2D eigenvalue weighted by Gasteiger charge is -2.06. The Labute approximate surface area is 111 Å². The molecule has 0 aliphatic rings. The molecule has 1 aromatic heterocycles. The molecule has 3 N–H and O–H groups in total. The van der Waals surface area contributed by atoms with Crippen molar-refractivity contribution >= 4 is 6.09 Å². The van der Waals surface area contributed by atoms with Gasteiger partial charge in [0.1, 0.15) is 6.61 Å². The zero-order valence-electron chi connectivity index (χ0n) is 10.5. The van der Waals surface area contributed by atoms with E-state index in [9.17, 15) is 4.79 Å². The fraction of sp³-hybridized carbons (Fsp3) is 0.231. The van der Waals surface area contributed by atoms with E-state index in [1.54, 1.807) is 12.5 Å². The van der Waals surface area contributed by atoms with Crippen LogP contribution in [0.2, 0.25) is 0 Å². The summed E-state index contributed by atoms with van der Waals surface area (Å²) >= 11 is 0. The third kappa shape index (κ3) is 4.11. The predicted octanol–water partition coefficient (Wildman–Crippen LogP) is 1.06. The molecule has 2 aromatic rings. The molecular formula is C13H16N4O2. The minimum Gasteiger partial charge on any atom is -0.448 e. The first-order valence-electron chi connectivity index (χ1n) is 5.96. The molecule has 100 valence electrons. The second-order valence-electron chi connectivity index (χ2n) is 3.98. The largest absolute Gasteiger partial charge is 0.448 e. The Kier molecular flexibility index (Phi) is 4.52. The number of nitrogens with two attached hydrogens (primary N) is 1. The van der Waals surface area contributed by atoms with Crippen molar-refractivity contribution in [3.05, 3.63) is 48.5 Å². The average Bonchev–Trinajstić information content (AvgIpc) is 2.93. The molecule has 0 saturated carbocycles. The number of amides is 1. The molecule has 0 aliphatic heterocycles. The van der Waals surface area contributed by atoms with E-state index >= 15 is 0 Å². The standard InChI is InChI=1S/C13H16N4O2/c14-13(18)19-8-6-15-9-11-1-3-12(4-2-11)17-7-5-16-10-17/h1-5,7,10,15H,6,8-9H2,(H2,14,18). The molecule has 0 atom stereocenters. The molecule has 0 saturated heterocycles. The lowest BCUT2D eigenvalue weighted by Crippen LogP contribution is -2.23. The highest BCUT2D eigenvalue weighted by atomic mass is 16.5. The van der Waals surface area contributed by atoms with Gasteiger partial charge in [0.2, 0.25) is 0 Å². The number of imidazole rings is 1. The molecule has 0 unspecified atom stereocenters. The van der Waals surface area contributed by atoms with Gasteiger partial charge in [-0.05, 0) is 17.7 Å². The molecule has 0 bridgehead atoms.